The topological polar surface area (TPSA) is 47.8 Å². The molecule has 0 aliphatic rings. The Labute approximate surface area is 91.5 Å². The van der Waals surface area contributed by atoms with Gasteiger partial charge in [-0.2, -0.15) is 0 Å². The quantitative estimate of drug-likeness (QED) is 0.743. The van der Waals surface area contributed by atoms with Gasteiger partial charge in [0.1, 0.15) is 6.54 Å². The third kappa shape index (κ3) is 2.41. The molecule has 0 radical (unpaired) electrons. The number of benzene rings is 1. The van der Waals surface area contributed by atoms with Crippen LogP contribution in [-0.4, -0.2) is 20.8 Å². The van der Waals surface area contributed by atoms with Gasteiger partial charge in [0.25, 0.3) is 0 Å². The first-order chi connectivity index (χ1) is 7.25. The Kier molecular flexibility index (Phi) is 2.78. The Balaban J connectivity index is 2.11. The summed E-state index contributed by atoms with van der Waals surface area (Å²) in [6.45, 7) is 0.196. The third-order valence-corrected chi connectivity index (χ3v) is 2.20. The summed E-state index contributed by atoms with van der Waals surface area (Å²) in [6.07, 6.45) is 3.18. The molecule has 0 saturated carbocycles. The van der Waals surface area contributed by atoms with Crippen LogP contribution in [-0.2, 0) is 6.54 Å². The molecule has 5 heteroatoms. The maximum atomic E-state index is 11.7. The normalized spacial score (nSPS) is 10.2. The summed E-state index contributed by atoms with van der Waals surface area (Å²) in [5, 5.41) is 7.96. The number of halogens is 1. The van der Waals surface area contributed by atoms with Crippen molar-refractivity contribution in [1.29, 1.82) is 0 Å². The largest absolute Gasteiger partial charge is 0.292 e. The Morgan fingerprint density at radius 2 is 2.07 bits per heavy atom. The number of carbonyl (C=O) groups is 1. The van der Waals surface area contributed by atoms with Crippen LogP contribution in [0, 0.1) is 0 Å². The van der Waals surface area contributed by atoms with Crippen molar-refractivity contribution < 1.29 is 4.79 Å². The van der Waals surface area contributed by atoms with Crippen LogP contribution < -0.4 is 0 Å². The molecule has 0 unspecified atom stereocenters. The summed E-state index contributed by atoms with van der Waals surface area (Å²) in [6, 6.07) is 6.77. The van der Waals surface area contributed by atoms with Crippen molar-refractivity contribution in [3.8, 4) is 0 Å². The first-order valence-corrected chi connectivity index (χ1v) is 4.76. The summed E-state index contributed by atoms with van der Waals surface area (Å²) in [4.78, 5) is 11.7. The first-order valence-electron chi connectivity index (χ1n) is 4.38. The number of hydrogen-bond acceptors (Lipinski definition) is 3. The average Bonchev–Trinajstić information content (AvgIpc) is 2.71. The predicted octanol–water partition coefficient (Wildman–Crippen LogP) is 1.81. The summed E-state index contributed by atoms with van der Waals surface area (Å²) < 4.78 is 1.48. The smallest absolute Gasteiger partial charge is 0.184 e. The van der Waals surface area contributed by atoms with Gasteiger partial charge < -0.3 is 0 Å². The molecule has 2 aromatic rings. The molecule has 1 heterocycles. The van der Waals surface area contributed by atoms with E-state index in [9.17, 15) is 4.79 Å². The zero-order valence-electron chi connectivity index (χ0n) is 7.80. The van der Waals surface area contributed by atoms with Gasteiger partial charge in [-0.15, -0.1) is 5.10 Å². The van der Waals surface area contributed by atoms with E-state index in [1.54, 1.807) is 30.5 Å². The van der Waals surface area contributed by atoms with Crippen molar-refractivity contribution in [2.75, 3.05) is 0 Å². The maximum absolute atomic E-state index is 11.7. The summed E-state index contributed by atoms with van der Waals surface area (Å²) in [5.41, 5.74) is 0.620. The molecular weight excluding hydrogens is 214 g/mol. The summed E-state index contributed by atoms with van der Waals surface area (Å²) in [5.74, 6) is -0.0165. The van der Waals surface area contributed by atoms with Crippen LogP contribution in [0.1, 0.15) is 10.4 Å². The van der Waals surface area contributed by atoms with E-state index >= 15 is 0 Å². The second-order valence-corrected chi connectivity index (χ2v) is 3.47. The first kappa shape index (κ1) is 9.86. The second kappa shape index (κ2) is 4.23. The molecule has 0 spiro atoms. The molecule has 0 bridgehead atoms. The molecule has 4 nitrogen and oxygen atoms in total. The minimum Gasteiger partial charge on any atom is -0.292 e. The highest BCUT2D eigenvalue weighted by molar-refractivity contribution is 6.30. The molecule has 1 aromatic carbocycles. The van der Waals surface area contributed by atoms with Gasteiger partial charge in [-0.25, -0.2) is 4.68 Å². The lowest BCUT2D eigenvalue weighted by molar-refractivity contribution is 0.0967. The molecule has 0 N–H and O–H groups in total. The van der Waals surface area contributed by atoms with Gasteiger partial charge in [0.05, 0.1) is 6.20 Å². The van der Waals surface area contributed by atoms with Crippen LogP contribution in [0.2, 0.25) is 5.02 Å². The monoisotopic (exact) mass is 221 g/mol. The van der Waals surface area contributed by atoms with Crippen molar-refractivity contribution in [3.63, 3.8) is 0 Å². The fraction of sp³-hybridized carbons (Fsp3) is 0.100. The highest BCUT2D eigenvalue weighted by Gasteiger charge is 2.06. The molecule has 0 fully saturated rings. The standard InChI is InChI=1S/C10H8ClN3O/c11-9-3-1-8(2-4-9)10(15)7-14-6-5-12-13-14/h1-6H,7H2. The molecule has 0 aliphatic carbocycles. The van der Waals surface area contributed by atoms with Crippen molar-refractivity contribution in [1.82, 2.24) is 15.0 Å². The van der Waals surface area contributed by atoms with E-state index in [0.717, 1.165) is 0 Å². The fourth-order valence-corrected chi connectivity index (χ4v) is 1.32. The van der Waals surface area contributed by atoms with Gasteiger partial charge in [0.2, 0.25) is 0 Å². The lowest BCUT2D eigenvalue weighted by atomic mass is 10.1. The van der Waals surface area contributed by atoms with Crippen molar-refractivity contribution in [2.24, 2.45) is 0 Å². The van der Waals surface area contributed by atoms with E-state index in [4.69, 9.17) is 11.6 Å². The van der Waals surface area contributed by atoms with Gasteiger partial charge >= 0.3 is 0 Å². The number of aromatic nitrogens is 3. The Morgan fingerprint density at radius 1 is 1.33 bits per heavy atom. The van der Waals surface area contributed by atoms with Crippen LogP contribution in [0.4, 0.5) is 0 Å². The highest BCUT2D eigenvalue weighted by Crippen LogP contribution is 2.10. The fourth-order valence-electron chi connectivity index (χ4n) is 1.19. The average molecular weight is 222 g/mol. The molecule has 0 aliphatic heterocycles. The van der Waals surface area contributed by atoms with Crippen LogP contribution in [0.15, 0.2) is 36.7 Å². The maximum Gasteiger partial charge on any atom is 0.184 e. The molecular formula is C10H8ClN3O. The number of hydrogen-bond donors (Lipinski definition) is 0. The molecule has 1 aromatic heterocycles. The predicted molar refractivity (Wildman–Crippen MR) is 55.8 cm³/mol. The Bertz CT molecular complexity index is 450. The van der Waals surface area contributed by atoms with E-state index in [-0.39, 0.29) is 12.3 Å². The van der Waals surface area contributed by atoms with Crippen molar-refractivity contribution in [2.45, 2.75) is 6.54 Å². The SMILES string of the molecule is O=C(Cn1ccnn1)c1ccc(Cl)cc1. The minimum atomic E-state index is -0.0165. The van der Waals surface area contributed by atoms with Gasteiger partial charge in [-0.3, -0.25) is 4.79 Å². The van der Waals surface area contributed by atoms with Crippen LogP contribution in [0.5, 0.6) is 0 Å². The van der Waals surface area contributed by atoms with E-state index in [0.29, 0.717) is 10.6 Å². The van der Waals surface area contributed by atoms with Crippen molar-refractivity contribution >= 4 is 17.4 Å². The lowest BCUT2D eigenvalue weighted by Gasteiger charge is -2.00. The number of rotatable bonds is 3. The lowest BCUT2D eigenvalue weighted by Crippen LogP contribution is -2.10. The van der Waals surface area contributed by atoms with E-state index in [2.05, 4.69) is 10.3 Å². The van der Waals surface area contributed by atoms with Gasteiger partial charge in [0.15, 0.2) is 5.78 Å². The minimum absolute atomic E-state index is 0.0165. The van der Waals surface area contributed by atoms with Gasteiger partial charge in [0, 0.05) is 16.8 Å². The second-order valence-electron chi connectivity index (χ2n) is 3.03. The van der Waals surface area contributed by atoms with E-state index < -0.39 is 0 Å². The number of Topliss-reactive ketones (excluding diaryl/α,β-unsaturated/α-hetero) is 1. The highest BCUT2D eigenvalue weighted by atomic mass is 35.5. The molecule has 0 amide bonds. The summed E-state index contributed by atoms with van der Waals surface area (Å²) >= 11 is 5.72. The Hall–Kier alpha value is -1.68. The van der Waals surface area contributed by atoms with Crippen LogP contribution in [0.25, 0.3) is 0 Å². The van der Waals surface area contributed by atoms with E-state index in [1.165, 1.54) is 10.9 Å². The zero-order chi connectivity index (χ0) is 10.7. The van der Waals surface area contributed by atoms with Gasteiger partial charge in [-0.1, -0.05) is 16.8 Å². The molecule has 0 saturated heterocycles. The van der Waals surface area contributed by atoms with Crippen LogP contribution in [0.3, 0.4) is 0 Å². The zero-order valence-corrected chi connectivity index (χ0v) is 8.55. The summed E-state index contributed by atoms with van der Waals surface area (Å²) in [7, 11) is 0. The molecule has 76 valence electrons. The Morgan fingerprint density at radius 3 is 2.67 bits per heavy atom. The number of carbonyl (C=O) groups excluding carboxylic acids is 1. The number of nitrogens with zero attached hydrogens (tertiary/aromatic N) is 3. The third-order valence-electron chi connectivity index (χ3n) is 1.94. The molecule has 0 atom stereocenters. The van der Waals surface area contributed by atoms with Crippen LogP contribution >= 0.6 is 11.6 Å². The molecule has 2 rings (SSSR count). The van der Waals surface area contributed by atoms with E-state index in [1.807, 2.05) is 0 Å². The molecule has 15 heavy (non-hydrogen) atoms. The van der Waals surface area contributed by atoms with Gasteiger partial charge in [-0.05, 0) is 24.3 Å². The van der Waals surface area contributed by atoms with Crippen molar-refractivity contribution in [3.05, 3.63) is 47.2 Å². The number of ketones is 1.